The van der Waals surface area contributed by atoms with Crippen molar-refractivity contribution in [3.05, 3.63) is 60.2 Å². The van der Waals surface area contributed by atoms with Gasteiger partial charge in [-0.05, 0) is 24.1 Å². The fourth-order valence-corrected chi connectivity index (χ4v) is 3.27. The summed E-state index contributed by atoms with van der Waals surface area (Å²) in [5.74, 6) is -0.436. The number of amides is 2. The second kappa shape index (κ2) is 8.52. The maximum absolute atomic E-state index is 12.5. The van der Waals surface area contributed by atoms with Crippen molar-refractivity contribution in [2.75, 3.05) is 25.5 Å². The molecule has 0 spiro atoms. The number of urea groups is 1. The number of likely N-dealkylation sites (tertiary alicyclic amines) is 1. The number of hydrogen-bond acceptors (Lipinski definition) is 3. The van der Waals surface area contributed by atoms with Gasteiger partial charge in [0.2, 0.25) is 0 Å². The van der Waals surface area contributed by atoms with Crippen LogP contribution in [0.25, 0.3) is 0 Å². The van der Waals surface area contributed by atoms with Crippen molar-refractivity contribution in [2.24, 2.45) is 0 Å². The monoisotopic (exact) mass is 393 g/mol. The van der Waals surface area contributed by atoms with Crippen LogP contribution in [0.3, 0.4) is 0 Å². The number of anilines is 1. The molecule has 150 valence electrons. The number of alkyl halides is 3. The lowest BCUT2D eigenvalue weighted by Gasteiger charge is -2.26. The number of rotatable bonds is 5. The molecule has 1 atom stereocenters. The van der Waals surface area contributed by atoms with E-state index in [0.29, 0.717) is 6.54 Å². The molecule has 0 bridgehead atoms. The quantitative estimate of drug-likeness (QED) is 0.823. The topological polar surface area (TPSA) is 44.8 Å². The van der Waals surface area contributed by atoms with Gasteiger partial charge in [-0.3, -0.25) is 4.90 Å². The number of para-hydroxylation sites is 2. The van der Waals surface area contributed by atoms with E-state index in [1.54, 1.807) is 7.05 Å². The molecule has 0 radical (unpaired) electrons. The maximum Gasteiger partial charge on any atom is 0.573 e. The molecule has 1 aliphatic rings. The minimum atomic E-state index is -4.82. The van der Waals surface area contributed by atoms with E-state index in [9.17, 15) is 18.0 Å². The zero-order valence-corrected chi connectivity index (χ0v) is 15.4. The van der Waals surface area contributed by atoms with Gasteiger partial charge in [0.25, 0.3) is 0 Å². The van der Waals surface area contributed by atoms with Crippen LogP contribution in [0.2, 0.25) is 0 Å². The third-order valence-electron chi connectivity index (χ3n) is 4.72. The maximum atomic E-state index is 12.5. The predicted molar refractivity (Wildman–Crippen MR) is 100 cm³/mol. The average molecular weight is 393 g/mol. The van der Waals surface area contributed by atoms with E-state index in [4.69, 9.17) is 0 Å². The summed E-state index contributed by atoms with van der Waals surface area (Å²) < 4.78 is 41.6. The standard InChI is InChI=1S/C20H22F3N3O2/c1-25(16-11-12-26(14-16)13-15-7-3-2-4-8-15)19(27)24-17-9-5-6-10-18(17)28-20(21,22)23/h2-10,16H,11-14H2,1H3,(H,24,27). The first kappa shape index (κ1) is 20.0. The smallest absolute Gasteiger partial charge is 0.404 e. The molecule has 5 nitrogen and oxygen atoms in total. The number of nitrogens with one attached hydrogen (secondary N) is 1. The van der Waals surface area contributed by atoms with E-state index in [-0.39, 0.29) is 11.7 Å². The van der Waals surface area contributed by atoms with Crippen molar-refractivity contribution < 1.29 is 22.7 Å². The van der Waals surface area contributed by atoms with E-state index in [1.807, 2.05) is 18.2 Å². The van der Waals surface area contributed by atoms with Crippen LogP contribution in [0.1, 0.15) is 12.0 Å². The van der Waals surface area contributed by atoms with E-state index < -0.39 is 18.1 Å². The Morgan fingerprint density at radius 3 is 2.57 bits per heavy atom. The number of benzene rings is 2. The molecule has 1 fully saturated rings. The Kier molecular flexibility index (Phi) is 6.08. The average Bonchev–Trinajstić information content (AvgIpc) is 3.10. The van der Waals surface area contributed by atoms with Crippen LogP contribution in [-0.2, 0) is 6.54 Å². The van der Waals surface area contributed by atoms with Gasteiger partial charge < -0.3 is 15.0 Å². The molecule has 1 saturated heterocycles. The number of ether oxygens (including phenoxy) is 1. The fourth-order valence-electron chi connectivity index (χ4n) is 3.27. The SMILES string of the molecule is CN(C(=O)Nc1ccccc1OC(F)(F)F)C1CCN(Cc2ccccc2)C1. The molecule has 2 amide bonds. The van der Waals surface area contributed by atoms with Gasteiger partial charge in [0, 0.05) is 32.7 Å². The van der Waals surface area contributed by atoms with Crippen molar-refractivity contribution in [1.29, 1.82) is 0 Å². The van der Waals surface area contributed by atoms with Gasteiger partial charge in [0.15, 0.2) is 5.75 Å². The van der Waals surface area contributed by atoms with Crippen molar-refractivity contribution in [3.8, 4) is 5.75 Å². The molecule has 1 aliphatic heterocycles. The van der Waals surface area contributed by atoms with Crippen LogP contribution < -0.4 is 10.1 Å². The molecule has 1 unspecified atom stereocenters. The van der Waals surface area contributed by atoms with Crippen LogP contribution in [0.15, 0.2) is 54.6 Å². The molecule has 3 rings (SSSR count). The van der Waals surface area contributed by atoms with Crippen LogP contribution in [0.4, 0.5) is 23.7 Å². The van der Waals surface area contributed by atoms with Gasteiger partial charge in [-0.2, -0.15) is 0 Å². The van der Waals surface area contributed by atoms with Crippen molar-refractivity contribution in [3.63, 3.8) is 0 Å². The molecule has 0 saturated carbocycles. The van der Waals surface area contributed by atoms with Gasteiger partial charge in [0.1, 0.15) is 0 Å². The molecule has 2 aromatic carbocycles. The first-order chi connectivity index (χ1) is 13.3. The number of carbonyl (C=O) groups is 1. The summed E-state index contributed by atoms with van der Waals surface area (Å²) >= 11 is 0. The van der Waals surface area contributed by atoms with Crippen LogP contribution in [0, 0.1) is 0 Å². The third kappa shape index (κ3) is 5.39. The highest BCUT2D eigenvalue weighted by Gasteiger charge is 2.33. The van der Waals surface area contributed by atoms with Crippen LogP contribution in [0.5, 0.6) is 5.75 Å². The van der Waals surface area contributed by atoms with Gasteiger partial charge in [-0.1, -0.05) is 42.5 Å². The minimum absolute atomic E-state index is 0.0144. The van der Waals surface area contributed by atoms with Gasteiger partial charge >= 0.3 is 12.4 Å². The normalized spacial score (nSPS) is 17.4. The summed E-state index contributed by atoms with van der Waals surface area (Å²) in [7, 11) is 1.65. The third-order valence-corrected chi connectivity index (χ3v) is 4.72. The van der Waals surface area contributed by atoms with E-state index >= 15 is 0 Å². The molecular formula is C20H22F3N3O2. The number of halogens is 3. The molecule has 8 heteroatoms. The van der Waals surface area contributed by atoms with Gasteiger partial charge in [-0.25, -0.2) is 4.79 Å². The highest BCUT2D eigenvalue weighted by atomic mass is 19.4. The Balaban J connectivity index is 1.58. The molecule has 28 heavy (non-hydrogen) atoms. The van der Waals surface area contributed by atoms with Crippen molar-refractivity contribution >= 4 is 11.7 Å². The second-order valence-electron chi connectivity index (χ2n) is 6.75. The van der Waals surface area contributed by atoms with Gasteiger partial charge in [0.05, 0.1) is 5.69 Å². The van der Waals surface area contributed by atoms with E-state index in [2.05, 4.69) is 27.1 Å². The molecule has 0 aromatic heterocycles. The summed E-state index contributed by atoms with van der Waals surface area (Å²) in [6, 6.07) is 15.1. The van der Waals surface area contributed by atoms with E-state index in [0.717, 1.165) is 19.5 Å². The van der Waals surface area contributed by atoms with Crippen LogP contribution >= 0.6 is 0 Å². The Morgan fingerprint density at radius 1 is 1.18 bits per heavy atom. The van der Waals surface area contributed by atoms with Gasteiger partial charge in [-0.15, -0.1) is 13.2 Å². The fraction of sp³-hybridized carbons (Fsp3) is 0.350. The minimum Gasteiger partial charge on any atom is -0.404 e. The first-order valence-corrected chi connectivity index (χ1v) is 8.97. The number of nitrogens with zero attached hydrogens (tertiary/aromatic N) is 2. The number of hydrogen-bond donors (Lipinski definition) is 1. The molecular weight excluding hydrogens is 371 g/mol. The molecule has 2 aromatic rings. The Morgan fingerprint density at radius 2 is 1.86 bits per heavy atom. The summed E-state index contributed by atoms with van der Waals surface area (Å²) in [6.07, 6.45) is -4.02. The first-order valence-electron chi connectivity index (χ1n) is 8.97. The molecule has 1 heterocycles. The largest absolute Gasteiger partial charge is 0.573 e. The summed E-state index contributed by atoms with van der Waals surface area (Å²) in [6.45, 7) is 2.36. The zero-order valence-electron chi connectivity index (χ0n) is 15.4. The highest BCUT2D eigenvalue weighted by Crippen LogP contribution is 2.30. The lowest BCUT2D eigenvalue weighted by Crippen LogP contribution is -2.41. The highest BCUT2D eigenvalue weighted by molar-refractivity contribution is 5.91. The predicted octanol–water partition coefficient (Wildman–Crippen LogP) is 4.32. The number of carbonyl (C=O) groups excluding carboxylic acids is 1. The Hall–Kier alpha value is -2.74. The zero-order chi connectivity index (χ0) is 20.1. The van der Waals surface area contributed by atoms with E-state index in [1.165, 1.54) is 34.7 Å². The van der Waals surface area contributed by atoms with Crippen molar-refractivity contribution in [2.45, 2.75) is 25.4 Å². The summed E-state index contributed by atoms with van der Waals surface area (Å²) in [4.78, 5) is 16.3. The Labute approximate surface area is 161 Å². The molecule has 1 N–H and O–H groups in total. The number of likely N-dealkylation sites (N-methyl/N-ethyl adjacent to an activating group) is 1. The summed E-state index contributed by atoms with van der Waals surface area (Å²) in [5, 5.41) is 2.52. The van der Waals surface area contributed by atoms with Crippen molar-refractivity contribution in [1.82, 2.24) is 9.80 Å². The lowest BCUT2D eigenvalue weighted by molar-refractivity contribution is -0.274. The summed E-state index contributed by atoms with van der Waals surface area (Å²) in [5.41, 5.74) is 1.18. The van der Waals surface area contributed by atoms with Crippen LogP contribution in [-0.4, -0.2) is 48.4 Å². The lowest BCUT2D eigenvalue weighted by atomic mass is 10.2. The molecule has 0 aliphatic carbocycles. The second-order valence-corrected chi connectivity index (χ2v) is 6.75. The Bertz CT molecular complexity index is 799.